The molecule has 0 radical (unpaired) electrons. The van der Waals surface area contributed by atoms with Gasteiger partial charge >= 0.3 is 6.18 Å². The Labute approximate surface area is 136 Å². The number of nitrogens with zero attached hydrogens (tertiary/aromatic N) is 2. The van der Waals surface area contributed by atoms with Gasteiger partial charge in [0, 0.05) is 12.6 Å². The third kappa shape index (κ3) is 2.86. The topological polar surface area (TPSA) is 79.2 Å². The summed E-state index contributed by atoms with van der Waals surface area (Å²) in [6, 6.07) is 3.01. The highest BCUT2D eigenvalue weighted by molar-refractivity contribution is 7.89. The van der Waals surface area contributed by atoms with Crippen LogP contribution in [0.15, 0.2) is 39.9 Å². The first-order valence-electron chi connectivity index (χ1n) is 7.15. The first-order chi connectivity index (χ1) is 11.2. The predicted molar refractivity (Wildman–Crippen MR) is 78.4 cm³/mol. The van der Waals surface area contributed by atoms with Crippen LogP contribution in [0.1, 0.15) is 19.0 Å². The Morgan fingerprint density at radius 2 is 2.17 bits per heavy atom. The van der Waals surface area contributed by atoms with E-state index in [-0.39, 0.29) is 29.1 Å². The van der Waals surface area contributed by atoms with Crippen LogP contribution in [0, 0.1) is 0 Å². The molecule has 1 N–H and O–H groups in total. The number of nitrogens with one attached hydrogen (secondary N) is 1. The first kappa shape index (κ1) is 16.8. The molecule has 0 fully saturated rings. The van der Waals surface area contributed by atoms with Crippen molar-refractivity contribution in [3.8, 4) is 11.5 Å². The van der Waals surface area contributed by atoms with Crippen molar-refractivity contribution in [1.29, 1.82) is 0 Å². The lowest BCUT2D eigenvalue weighted by Crippen LogP contribution is -2.35. The normalized spacial score (nSPS) is 19.2. The zero-order valence-electron chi connectivity index (χ0n) is 12.5. The summed E-state index contributed by atoms with van der Waals surface area (Å²) in [5.41, 5.74) is -1.15. The average Bonchev–Trinajstić information content (AvgIpc) is 3.24. The van der Waals surface area contributed by atoms with E-state index in [4.69, 9.17) is 4.42 Å². The molecule has 1 aliphatic heterocycles. The Hall–Kier alpha value is -2.07. The molecule has 0 saturated carbocycles. The molecule has 3 heterocycles. The Morgan fingerprint density at radius 3 is 2.79 bits per heavy atom. The van der Waals surface area contributed by atoms with E-state index in [2.05, 4.69) is 5.10 Å². The summed E-state index contributed by atoms with van der Waals surface area (Å²) in [6.07, 6.45) is -0.413. The Balaban J connectivity index is 1.89. The van der Waals surface area contributed by atoms with Gasteiger partial charge in [-0.2, -0.15) is 22.6 Å². The van der Waals surface area contributed by atoms with Crippen molar-refractivity contribution in [2.75, 3.05) is 6.54 Å². The maximum absolute atomic E-state index is 12.6. The Morgan fingerprint density at radius 1 is 1.42 bits per heavy atom. The molecule has 1 atom stereocenters. The molecule has 2 aromatic heterocycles. The molecular formula is C14H14F3N3O3S. The number of rotatable bonds is 4. The second kappa shape index (κ2) is 5.78. The molecule has 24 heavy (non-hydrogen) atoms. The van der Waals surface area contributed by atoms with Crippen LogP contribution in [-0.4, -0.2) is 35.5 Å². The number of H-pyrrole nitrogens is 1. The minimum Gasteiger partial charge on any atom is -0.442 e. The van der Waals surface area contributed by atoms with E-state index in [1.807, 2.05) is 12.0 Å². The lowest BCUT2D eigenvalue weighted by molar-refractivity contribution is -0.141. The number of hydrogen-bond acceptors (Lipinski definition) is 4. The molecule has 3 rings (SSSR count). The van der Waals surface area contributed by atoms with Crippen LogP contribution < -0.4 is 0 Å². The predicted octanol–water partition coefficient (Wildman–Crippen LogP) is 3.03. The van der Waals surface area contributed by atoms with Gasteiger partial charge < -0.3 is 4.42 Å². The van der Waals surface area contributed by atoms with Gasteiger partial charge in [-0.3, -0.25) is 5.10 Å². The van der Waals surface area contributed by atoms with Crippen LogP contribution in [0.2, 0.25) is 0 Å². The van der Waals surface area contributed by atoms with Crippen molar-refractivity contribution in [2.24, 2.45) is 0 Å². The van der Waals surface area contributed by atoms with Crippen molar-refractivity contribution in [3.05, 3.63) is 36.0 Å². The average molecular weight is 361 g/mol. The highest BCUT2D eigenvalue weighted by atomic mass is 32.2. The smallest absolute Gasteiger partial charge is 0.432 e. The van der Waals surface area contributed by atoms with Gasteiger partial charge in [-0.05, 0) is 24.6 Å². The highest BCUT2D eigenvalue weighted by Gasteiger charge is 2.35. The van der Waals surface area contributed by atoms with Crippen molar-refractivity contribution < 1.29 is 26.0 Å². The van der Waals surface area contributed by atoms with Gasteiger partial charge in [-0.1, -0.05) is 19.1 Å². The van der Waals surface area contributed by atoms with Gasteiger partial charge in [-0.15, -0.1) is 0 Å². The zero-order chi connectivity index (χ0) is 17.5. The lowest BCUT2D eigenvalue weighted by atomic mass is 10.2. The third-order valence-electron chi connectivity index (χ3n) is 3.71. The monoisotopic (exact) mass is 361 g/mol. The number of furan rings is 1. The number of aromatic nitrogens is 2. The fraction of sp³-hybridized carbons (Fsp3) is 0.357. The van der Waals surface area contributed by atoms with Crippen molar-refractivity contribution in [3.63, 3.8) is 0 Å². The molecule has 1 unspecified atom stereocenters. The zero-order valence-corrected chi connectivity index (χ0v) is 13.4. The maximum atomic E-state index is 12.6. The quantitative estimate of drug-likeness (QED) is 0.849. The summed E-state index contributed by atoms with van der Waals surface area (Å²) < 4.78 is 69.5. The summed E-state index contributed by atoms with van der Waals surface area (Å²) in [5, 5.41) is 5.05. The second-order valence-electron chi connectivity index (χ2n) is 5.26. The summed E-state index contributed by atoms with van der Waals surface area (Å²) >= 11 is 0. The molecule has 0 aromatic carbocycles. The molecule has 6 nitrogen and oxygen atoms in total. The molecule has 10 heteroatoms. The molecular weight excluding hydrogens is 347 g/mol. The van der Waals surface area contributed by atoms with Gasteiger partial charge in [-0.25, -0.2) is 8.42 Å². The number of sulfonamides is 1. The largest absolute Gasteiger partial charge is 0.442 e. The standard InChI is InChI=1S/C14H14F3N3O3S/c1-2-9-4-3-7-20(9)24(21,22)13-6-5-11(23-13)10-8-12(19-18-10)14(15,16)17/h3-6,8-9H,2,7H2,1H3,(H,18,19). The van der Waals surface area contributed by atoms with E-state index in [1.165, 1.54) is 16.4 Å². The van der Waals surface area contributed by atoms with E-state index in [0.717, 1.165) is 6.07 Å². The van der Waals surface area contributed by atoms with E-state index >= 15 is 0 Å². The summed E-state index contributed by atoms with van der Waals surface area (Å²) in [5.74, 6) is -0.0551. The fourth-order valence-corrected chi connectivity index (χ4v) is 4.00. The second-order valence-corrected chi connectivity index (χ2v) is 7.08. The first-order valence-corrected chi connectivity index (χ1v) is 8.59. The summed E-state index contributed by atoms with van der Waals surface area (Å²) in [4.78, 5) is 0. The molecule has 0 spiro atoms. The molecule has 130 valence electrons. The fourth-order valence-electron chi connectivity index (χ4n) is 2.47. The van der Waals surface area contributed by atoms with Crippen LogP contribution >= 0.6 is 0 Å². The number of aromatic amines is 1. The number of hydrogen-bond donors (Lipinski definition) is 1. The third-order valence-corrected chi connectivity index (χ3v) is 5.48. The van der Waals surface area contributed by atoms with Gasteiger partial charge in [0.25, 0.3) is 10.0 Å². The van der Waals surface area contributed by atoms with E-state index in [1.54, 1.807) is 12.2 Å². The van der Waals surface area contributed by atoms with E-state index in [0.29, 0.717) is 6.42 Å². The molecule has 0 bridgehead atoms. The summed E-state index contributed by atoms with van der Waals surface area (Å²) in [7, 11) is -3.86. The van der Waals surface area contributed by atoms with Crippen LogP contribution in [0.3, 0.4) is 0 Å². The molecule has 0 saturated heterocycles. The lowest BCUT2D eigenvalue weighted by Gasteiger charge is -2.21. The number of alkyl halides is 3. The van der Waals surface area contributed by atoms with Crippen LogP contribution in [0.25, 0.3) is 11.5 Å². The molecule has 0 aliphatic carbocycles. The highest BCUT2D eigenvalue weighted by Crippen LogP contribution is 2.32. The van der Waals surface area contributed by atoms with Crippen molar-refractivity contribution in [1.82, 2.24) is 14.5 Å². The van der Waals surface area contributed by atoms with E-state index < -0.39 is 21.9 Å². The molecule has 0 amide bonds. The van der Waals surface area contributed by atoms with Gasteiger partial charge in [0.2, 0.25) is 5.09 Å². The van der Waals surface area contributed by atoms with Gasteiger partial charge in [0.15, 0.2) is 5.76 Å². The minimum absolute atomic E-state index is 0.0551. The van der Waals surface area contributed by atoms with Crippen molar-refractivity contribution >= 4 is 10.0 Å². The van der Waals surface area contributed by atoms with Gasteiger partial charge in [0.1, 0.15) is 11.4 Å². The van der Waals surface area contributed by atoms with Crippen LogP contribution in [0.4, 0.5) is 13.2 Å². The minimum atomic E-state index is -4.57. The van der Waals surface area contributed by atoms with Crippen molar-refractivity contribution in [2.45, 2.75) is 30.7 Å². The van der Waals surface area contributed by atoms with Crippen LogP contribution in [0.5, 0.6) is 0 Å². The van der Waals surface area contributed by atoms with E-state index in [9.17, 15) is 21.6 Å². The Bertz CT molecular complexity index is 867. The van der Waals surface area contributed by atoms with Crippen LogP contribution in [-0.2, 0) is 16.2 Å². The molecule has 1 aliphatic rings. The Kier molecular flexibility index (Phi) is 4.04. The maximum Gasteiger partial charge on any atom is 0.432 e. The van der Waals surface area contributed by atoms with Gasteiger partial charge in [0.05, 0.1) is 0 Å². The molecule has 2 aromatic rings. The SMILES string of the molecule is CCC1C=CCN1S(=O)(=O)c1ccc(-c2cc(C(F)(F)F)[nH]n2)o1. The summed E-state index contributed by atoms with van der Waals surface area (Å²) in [6.45, 7) is 2.09. The number of halogens is 3.